The summed E-state index contributed by atoms with van der Waals surface area (Å²) in [4.78, 5) is 17.1. The Morgan fingerprint density at radius 1 is 1.61 bits per heavy atom. The number of rotatable bonds is 2. The van der Waals surface area contributed by atoms with Gasteiger partial charge in [-0.3, -0.25) is 4.79 Å². The van der Waals surface area contributed by atoms with Crippen LogP contribution < -0.4 is 0 Å². The number of thiophene rings is 1. The van der Waals surface area contributed by atoms with Crippen LogP contribution in [0.15, 0.2) is 17.5 Å². The van der Waals surface area contributed by atoms with E-state index in [-0.39, 0.29) is 11.9 Å². The Balaban J connectivity index is 1.86. The molecular weight excluding hydrogens is 250 g/mol. The lowest BCUT2D eigenvalue weighted by Crippen LogP contribution is -2.27. The molecule has 0 saturated carbocycles. The van der Waals surface area contributed by atoms with Gasteiger partial charge in [0.2, 0.25) is 0 Å². The van der Waals surface area contributed by atoms with E-state index < -0.39 is 0 Å². The van der Waals surface area contributed by atoms with E-state index in [0.717, 1.165) is 29.5 Å². The summed E-state index contributed by atoms with van der Waals surface area (Å²) in [7, 11) is 1.43. The highest BCUT2D eigenvalue weighted by molar-refractivity contribution is 7.13. The lowest BCUT2D eigenvalue weighted by atomic mass is 9.98. The minimum atomic E-state index is -0.151. The minimum absolute atomic E-state index is 0.0807. The Hall–Kier alpha value is -1.69. The number of nitrogens with zero attached hydrogens (tertiary/aromatic N) is 3. The van der Waals surface area contributed by atoms with Crippen LogP contribution in [0.1, 0.15) is 12.2 Å². The maximum absolute atomic E-state index is 11.5. The van der Waals surface area contributed by atoms with Crippen molar-refractivity contribution in [2.24, 2.45) is 5.92 Å². The maximum atomic E-state index is 11.5. The van der Waals surface area contributed by atoms with Gasteiger partial charge < -0.3 is 4.74 Å². The predicted molar refractivity (Wildman–Crippen MR) is 67.2 cm³/mol. The number of methoxy groups -OCH3 is 1. The second-order valence-electron chi connectivity index (χ2n) is 4.26. The molecule has 0 spiro atoms. The fourth-order valence-corrected chi connectivity index (χ4v) is 2.84. The molecule has 0 bridgehead atoms. The summed E-state index contributed by atoms with van der Waals surface area (Å²) in [5, 5.41) is 6.48. The second kappa shape index (κ2) is 4.53. The number of hydrogen-bond donors (Lipinski definition) is 0. The van der Waals surface area contributed by atoms with Crippen LogP contribution in [-0.4, -0.2) is 27.8 Å². The third-order valence-corrected chi connectivity index (χ3v) is 4.01. The Kier molecular flexibility index (Phi) is 2.87. The summed E-state index contributed by atoms with van der Waals surface area (Å²) in [6, 6.07) is 3.99. The van der Waals surface area contributed by atoms with Crippen LogP contribution >= 0.6 is 11.3 Å². The van der Waals surface area contributed by atoms with Crippen molar-refractivity contribution in [3.8, 4) is 10.7 Å². The molecule has 0 saturated heterocycles. The quantitative estimate of drug-likeness (QED) is 0.774. The van der Waals surface area contributed by atoms with Crippen LogP contribution in [0.3, 0.4) is 0 Å². The Labute approximate surface area is 108 Å². The van der Waals surface area contributed by atoms with Gasteiger partial charge in [-0.25, -0.2) is 9.67 Å². The van der Waals surface area contributed by atoms with E-state index in [1.54, 1.807) is 11.3 Å². The molecule has 1 unspecified atom stereocenters. The first-order valence-electron chi connectivity index (χ1n) is 5.83. The van der Waals surface area contributed by atoms with E-state index in [2.05, 4.69) is 10.1 Å². The first-order chi connectivity index (χ1) is 8.78. The van der Waals surface area contributed by atoms with Gasteiger partial charge >= 0.3 is 5.97 Å². The third kappa shape index (κ3) is 1.92. The van der Waals surface area contributed by atoms with Crippen molar-refractivity contribution < 1.29 is 9.53 Å². The number of aromatic nitrogens is 3. The van der Waals surface area contributed by atoms with Gasteiger partial charge in [0.25, 0.3) is 0 Å². The van der Waals surface area contributed by atoms with Crippen LogP contribution in [0.5, 0.6) is 0 Å². The molecule has 2 aromatic rings. The summed E-state index contributed by atoms with van der Waals surface area (Å²) in [6.45, 7) is 0.730. The summed E-state index contributed by atoms with van der Waals surface area (Å²) in [6.07, 6.45) is 1.39. The summed E-state index contributed by atoms with van der Waals surface area (Å²) < 4.78 is 6.69. The largest absolute Gasteiger partial charge is 0.469 e. The van der Waals surface area contributed by atoms with Gasteiger partial charge in [-0.1, -0.05) is 6.07 Å². The second-order valence-corrected chi connectivity index (χ2v) is 5.21. The number of carbonyl (C=O) groups excluding carboxylic acids is 1. The molecule has 0 amide bonds. The number of fused-ring (bicyclic) bond motifs is 1. The predicted octanol–water partition coefficient (Wildman–Crippen LogP) is 1.74. The molecular formula is C12H13N3O2S. The van der Waals surface area contributed by atoms with Gasteiger partial charge in [0.1, 0.15) is 5.82 Å². The van der Waals surface area contributed by atoms with Gasteiger partial charge in [0.15, 0.2) is 5.82 Å². The van der Waals surface area contributed by atoms with Crippen molar-refractivity contribution in [2.45, 2.75) is 19.4 Å². The summed E-state index contributed by atoms with van der Waals surface area (Å²) in [5.41, 5.74) is 0. The van der Waals surface area contributed by atoms with E-state index in [1.165, 1.54) is 7.11 Å². The molecule has 6 heteroatoms. The van der Waals surface area contributed by atoms with Crippen molar-refractivity contribution in [3.05, 3.63) is 23.3 Å². The summed E-state index contributed by atoms with van der Waals surface area (Å²) in [5.74, 6) is 1.40. The Morgan fingerprint density at radius 2 is 2.50 bits per heavy atom. The van der Waals surface area contributed by atoms with Gasteiger partial charge in [-0.15, -0.1) is 16.4 Å². The monoisotopic (exact) mass is 263 g/mol. The molecule has 1 aliphatic rings. The zero-order chi connectivity index (χ0) is 12.5. The fraction of sp³-hybridized carbons (Fsp3) is 0.417. The molecule has 5 nitrogen and oxygen atoms in total. The molecule has 3 heterocycles. The van der Waals surface area contributed by atoms with Gasteiger partial charge in [-0.2, -0.15) is 0 Å². The van der Waals surface area contributed by atoms with Crippen molar-refractivity contribution >= 4 is 17.3 Å². The molecule has 1 atom stereocenters. The first kappa shape index (κ1) is 11.4. The van der Waals surface area contributed by atoms with Crippen molar-refractivity contribution in [3.63, 3.8) is 0 Å². The SMILES string of the molecule is COC(=O)C1CCn2nc(-c3cccs3)nc2C1. The van der Waals surface area contributed by atoms with E-state index in [1.807, 2.05) is 22.2 Å². The molecule has 0 fully saturated rings. The summed E-state index contributed by atoms with van der Waals surface area (Å²) >= 11 is 1.62. The molecule has 18 heavy (non-hydrogen) atoms. The smallest absolute Gasteiger partial charge is 0.309 e. The molecule has 3 rings (SSSR count). The van der Waals surface area contributed by atoms with Crippen LogP contribution in [0.4, 0.5) is 0 Å². The highest BCUT2D eigenvalue weighted by Crippen LogP contribution is 2.25. The zero-order valence-electron chi connectivity index (χ0n) is 10.00. The van der Waals surface area contributed by atoms with E-state index in [4.69, 9.17) is 4.74 Å². The Morgan fingerprint density at radius 3 is 3.22 bits per heavy atom. The maximum Gasteiger partial charge on any atom is 0.309 e. The molecule has 2 aromatic heterocycles. The molecule has 0 aromatic carbocycles. The van der Waals surface area contributed by atoms with Crippen molar-refractivity contribution in [1.82, 2.24) is 14.8 Å². The van der Waals surface area contributed by atoms with Crippen LogP contribution in [-0.2, 0) is 22.5 Å². The first-order valence-corrected chi connectivity index (χ1v) is 6.71. The lowest BCUT2D eigenvalue weighted by molar-refractivity contribution is -0.146. The van der Waals surface area contributed by atoms with Gasteiger partial charge in [-0.05, 0) is 17.9 Å². The van der Waals surface area contributed by atoms with Crippen molar-refractivity contribution in [1.29, 1.82) is 0 Å². The van der Waals surface area contributed by atoms with Crippen LogP contribution in [0, 0.1) is 5.92 Å². The van der Waals surface area contributed by atoms with E-state index >= 15 is 0 Å². The molecule has 1 aliphatic heterocycles. The van der Waals surface area contributed by atoms with Gasteiger partial charge in [0.05, 0.1) is 17.9 Å². The highest BCUT2D eigenvalue weighted by atomic mass is 32.1. The third-order valence-electron chi connectivity index (χ3n) is 3.14. The minimum Gasteiger partial charge on any atom is -0.469 e. The van der Waals surface area contributed by atoms with Crippen molar-refractivity contribution in [2.75, 3.05) is 7.11 Å². The lowest BCUT2D eigenvalue weighted by Gasteiger charge is -2.19. The number of aryl methyl sites for hydroxylation is 1. The number of ether oxygens (including phenoxy) is 1. The topological polar surface area (TPSA) is 57.0 Å². The number of carbonyl (C=O) groups is 1. The highest BCUT2D eigenvalue weighted by Gasteiger charge is 2.27. The number of hydrogen-bond acceptors (Lipinski definition) is 5. The molecule has 0 radical (unpaired) electrons. The average molecular weight is 263 g/mol. The standard InChI is InChI=1S/C12H13N3O2S/c1-17-12(16)8-4-5-15-10(7-8)13-11(14-15)9-3-2-6-18-9/h2-3,6,8H,4-5,7H2,1H3. The Bertz CT molecular complexity index is 562. The average Bonchev–Trinajstić information content (AvgIpc) is 3.04. The number of esters is 1. The normalized spacial score (nSPS) is 18.4. The van der Waals surface area contributed by atoms with E-state index in [9.17, 15) is 4.79 Å². The molecule has 94 valence electrons. The van der Waals surface area contributed by atoms with Gasteiger partial charge in [0, 0.05) is 13.0 Å². The van der Waals surface area contributed by atoms with Crippen LogP contribution in [0.2, 0.25) is 0 Å². The zero-order valence-corrected chi connectivity index (χ0v) is 10.8. The fourth-order valence-electron chi connectivity index (χ4n) is 2.18. The molecule has 0 N–H and O–H groups in total. The molecule has 0 aliphatic carbocycles. The van der Waals surface area contributed by atoms with Crippen LogP contribution in [0.25, 0.3) is 10.7 Å². The van der Waals surface area contributed by atoms with E-state index in [0.29, 0.717) is 6.42 Å².